The van der Waals surface area contributed by atoms with Gasteiger partial charge in [0.1, 0.15) is 5.69 Å². The zero-order chi connectivity index (χ0) is 19.6. The number of hydrogen-bond acceptors (Lipinski definition) is 2. The molecule has 5 nitrogen and oxygen atoms in total. The minimum atomic E-state index is 0.0304. The molecule has 0 radical (unpaired) electrons. The molecule has 2 aromatic rings. The fraction of sp³-hybridized carbons (Fsp3) is 0.391. The lowest BCUT2D eigenvalue weighted by Gasteiger charge is -2.38. The van der Waals surface area contributed by atoms with E-state index in [1.54, 1.807) is 0 Å². The molecule has 2 amide bonds. The van der Waals surface area contributed by atoms with Gasteiger partial charge in [-0.2, -0.15) is 0 Å². The van der Waals surface area contributed by atoms with Crippen molar-refractivity contribution in [1.29, 1.82) is 0 Å². The van der Waals surface area contributed by atoms with Crippen LogP contribution in [0.2, 0.25) is 0 Å². The molecule has 2 fully saturated rings. The number of likely N-dealkylation sites (tertiary alicyclic amines) is 2. The third-order valence-electron chi connectivity index (χ3n) is 6.12. The van der Waals surface area contributed by atoms with E-state index in [4.69, 9.17) is 0 Å². The van der Waals surface area contributed by atoms with Gasteiger partial charge in [0.05, 0.1) is 0 Å². The van der Waals surface area contributed by atoms with Crippen molar-refractivity contribution in [3.63, 3.8) is 0 Å². The van der Waals surface area contributed by atoms with E-state index < -0.39 is 0 Å². The van der Waals surface area contributed by atoms with E-state index in [1.165, 1.54) is 0 Å². The molecule has 1 aromatic carbocycles. The summed E-state index contributed by atoms with van der Waals surface area (Å²) in [6, 6.07) is 13.9. The summed E-state index contributed by atoms with van der Waals surface area (Å²) in [5.74, 6) is 0.328. The highest BCUT2D eigenvalue weighted by Crippen LogP contribution is 2.41. The number of carbonyl (C=O) groups excluding carboxylic acids is 2. The number of aryl methyl sites for hydroxylation is 1. The van der Waals surface area contributed by atoms with Gasteiger partial charge in [-0.1, -0.05) is 42.5 Å². The summed E-state index contributed by atoms with van der Waals surface area (Å²) in [4.78, 5) is 29.2. The average Bonchev–Trinajstić information content (AvgIpc) is 3.26. The number of aromatic nitrogens is 1. The van der Waals surface area contributed by atoms with Crippen molar-refractivity contribution in [2.45, 2.75) is 19.3 Å². The van der Waals surface area contributed by atoms with Gasteiger partial charge in [0, 0.05) is 51.3 Å². The van der Waals surface area contributed by atoms with E-state index in [2.05, 4.69) is 24.3 Å². The predicted octanol–water partition coefficient (Wildman–Crippen LogP) is 3.19. The second kappa shape index (κ2) is 7.66. The highest BCUT2D eigenvalue weighted by atomic mass is 16.2. The van der Waals surface area contributed by atoms with Crippen molar-refractivity contribution in [2.75, 3.05) is 26.2 Å². The molecule has 0 bridgehead atoms. The molecule has 5 heteroatoms. The maximum atomic E-state index is 12.7. The van der Waals surface area contributed by atoms with Crippen LogP contribution in [0.4, 0.5) is 0 Å². The second-order valence-corrected chi connectivity index (χ2v) is 8.06. The number of rotatable bonds is 4. The van der Waals surface area contributed by atoms with Gasteiger partial charge in [0.15, 0.2) is 0 Å². The van der Waals surface area contributed by atoms with E-state index in [0.29, 0.717) is 13.0 Å². The average molecular weight is 377 g/mol. The zero-order valence-corrected chi connectivity index (χ0v) is 16.4. The Morgan fingerprint density at radius 3 is 2.54 bits per heavy atom. The first-order valence-electron chi connectivity index (χ1n) is 9.96. The first-order chi connectivity index (χ1) is 13.6. The van der Waals surface area contributed by atoms with Crippen molar-refractivity contribution in [3.8, 4) is 0 Å². The lowest BCUT2D eigenvalue weighted by atomic mass is 9.77. The Bertz CT molecular complexity index is 876. The van der Waals surface area contributed by atoms with Crippen LogP contribution in [0.15, 0.2) is 54.7 Å². The normalized spacial score (nSPS) is 19.1. The highest BCUT2D eigenvalue weighted by molar-refractivity contribution is 5.92. The molecule has 3 heterocycles. The first-order valence-corrected chi connectivity index (χ1v) is 9.96. The Morgan fingerprint density at radius 2 is 1.86 bits per heavy atom. The largest absolute Gasteiger partial charge is 0.347 e. The van der Waals surface area contributed by atoms with Crippen LogP contribution in [-0.4, -0.2) is 52.4 Å². The first kappa shape index (κ1) is 18.5. The number of piperidine rings is 1. The summed E-state index contributed by atoms with van der Waals surface area (Å²) in [6.07, 6.45) is 8.44. The summed E-state index contributed by atoms with van der Waals surface area (Å²) in [5.41, 5.74) is 1.91. The van der Waals surface area contributed by atoms with Gasteiger partial charge in [-0.3, -0.25) is 9.59 Å². The molecule has 0 N–H and O–H groups in total. The molecule has 28 heavy (non-hydrogen) atoms. The molecule has 146 valence electrons. The van der Waals surface area contributed by atoms with Crippen LogP contribution in [0, 0.1) is 5.41 Å². The SMILES string of the molecule is Cn1cccc1C(=O)N1CCC2(CC1)CC(=O)N(C/C=C/c1ccccc1)C2. The molecule has 0 aliphatic carbocycles. The van der Waals surface area contributed by atoms with Crippen LogP contribution in [0.25, 0.3) is 6.08 Å². The van der Waals surface area contributed by atoms with Gasteiger partial charge in [-0.15, -0.1) is 0 Å². The van der Waals surface area contributed by atoms with Gasteiger partial charge in [-0.05, 0) is 30.5 Å². The molecule has 0 unspecified atom stereocenters. The number of benzene rings is 1. The van der Waals surface area contributed by atoms with Crippen molar-refractivity contribution in [1.82, 2.24) is 14.4 Å². The number of nitrogens with zero attached hydrogens (tertiary/aromatic N) is 3. The van der Waals surface area contributed by atoms with E-state index in [0.717, 1.165) is 43.7 Å². The smallest absolute Gasteiger partial charge is 0.270 e. The van der Waals surface area contributed by atoms with Crippen LogP contribution in [0.5, 0.6) is 0 Å². The monoisotopic (exact) mass is 377 g/mol. The Balaban J connectivity index is 1.33. The van der Waals surface area contributed by atoms with E-state index >= 15 is 0 Å². The van der Waals surface area contributed by atoms with Gasteiger partial charge < -0.3 is 14.4 Å². The lowest BCUT2D eigenvalue weighted by Crippen LogP contribution is -2.44. The maximum absolute atomic E-state index is 12.7. The Labute approximate surface area is 166 Å². The third kappa shape index (κ3) is 3.75. The second-order valence-electron chi connectivity index (χ2n) is 8.06. The lowest BCUT2D eigenvalue weighted by molar-refractivity contribution is -0.127. The summed E-state index contributed by atoms with van der Waals surface area (Å²) >= 11 is 0. The number of hydrogen-bond donors (Lipinski definition) is 0. The van der Waals surface area contributed by atoms with Gasteiger partial charge in [0.25, 0.3) is 5.91 Å². The van der Waals surface area contributed by atoms with E-state index in [1.807, 2.05) is 57.9 Å². The van der Waals surface area contributed by atoms with E-state index in [9.17, 15) is 9.59 Å². The van der Waals surface area contributed by atoms with Crippen molar-refractivity contribution >= 4 is 17.9 Å². The predicted molar refractivity (Wildman–Crippen MR) is 110 cm³/mol. The van der Waals surface area contributed by atoms with Crippen LogP contribution in [-0.2, 0) is 11.8 Å². The molecule has 2 aliphatic heterocycles. The topological polar surface area (TPSA) is 45.6 Å². The summed E-state index contributed by atoms with van der Waals surface area (Å²) < 4.78 is 1.87. The van der Waals surface area contributed by atoms with Crippen molar-refractivity contribution < 1.29 is 9.59 Å². The summed E-state index contributed by atoms with van der Waals surface area (Å²) in [6.45, 7) is 2.91. The summed E-state index contributed by atoms with van der Waals surface area (Å²) in [7, 11) is 1.90. The molecule has 2 saturated heterocycles. The fourth-order valence-electron chi connectivity index (χ4n) is 4.39. The quantitative estimate of drug-likeness (QED) is 0.821. The van der Waals surface area contributed by atoms with E-state index in [-0.39, 0.29) is 17.2 Å². The molecule has 0 atom stereocenters. The van der Waals surface area contributed by atoms with Crippen LogP contribution >= 0.6 is 0 Å². The minimum absolute atomic E-state index is 0.0304. The molecule has 1 spiro atoms. The van der Waals surface area contributed by atoms with Gasteiger partial charge in [0.2, 0.25) is 5.91 Å². The molecule has 2 aliphatic rings. The van der Waals surface area contributed by atoms with Crippen molar-refractivity contribution in [2.24, 2.45) is 12.5 Å². The van der Waals surface area contributed by atoms with Gasteiger partial charge >= 0.3 is 0 Å². The zero-order valence-electron chi connectivity index (χ0n) is 16.4. The molecule has 0 saturated carbocycles. The Morgan fingerprint density at radius 1 is 1.11 bits per heavy atom. The third-order valence-corrected chi connectivity index (χ3v) is 6.12. The molecule has 1 aromatic heterocycles. The van der Waals surface area contributed by atoms with Crippen LogP contribution in [0.1, 0.15) is 35.3 Å². The molecular formula is C23H27N3O2. The molecular weight excluding hydrogens is 350 g/mol. The summed E-state index contributed by atoms with van der Waals surface area (Å²) in [5, 5.41) is 0. The van der Waals surface area contributed by atoms with Crippen LogP contribution in [0.3, 0.4) is 0 Å². The Kier molecular flexibility index (Phi) is 5.07. The minimum Gasteiger partial charge on any atom is -0.347 e. The van der Waals surface area contributed by atoms with Crippen LogP contribution < -0.4 is 0 Å². The van der Waals surface area contributed by atoms with Crippen molar-refractivity contribution in [3.05, 3.63) is 66.0 Å². The van der Waals surface area contributed by atoms with Gasteiger partial charge in [-0.25, -0.2) is 0 Å². The maximum Gasteiger partial charge on any atom is 0.270 e. The number of carbonyl (C=O) groups is 2. The Hall–Kier alpha value is -2.82. The number of amides is 2. The standard InChI is InChI=1S/C23H27N3O2/c1-24-13-6-10-20(24)22(28)25-15-11-23(12-16-25)17-21(27)26(18-23)14-5-9-19-7-3-2-4-8-19/h2-10,13H,11-12,14-18H2,1H3/b9-5+. The fourth-order valence-corrected chi connectivity index (χ4v) is 4.39. The molecule has 4 rings (SSSR count). The highest BCUT2D eigenvalue weighted by Gasteiger charge is 2.45.